The molecule has 2 fully saturated rings. The summed E-state index contributed by atoms with van der Waals surface area (Å²) < 4.78 is 27.0. The Labute approximate surface area is 199 Å². The van der Waals surface area contributed by atoms with Crippen LogP contribution in [0.25, 0.3) is 0 Å². The molecule has 2 aromatic rings. The number of carbonyl (C=O) groups is 2. The molecule has 33 heavy (non-hydrogen) atoms. The number of piperidine rings is 2. The minimum absolute atomic E-state index is 0.112. The van der Waals surface area contributed by atoms with E-state index < -0.39 is 10.0 Å². The number of rotatable bonds is 5. The number of anilines is 1. The van der Waals surface area contributed by atoms with Gasteiger partial charge < -0.3 is 10.2 Å². The number of pyridine rings is 1. The first-order chi connectivity index (χ1) is 15.9. The topological polar surface area (TPSA) is 99.7 Å². The first kappa shape index (κ1) is 23.7. The molecule has 1 N–H and O–H groups in total. The number of carbonyl (C=O) groups excluding carboxylic acids is 2. The van der Waals surface area contributed by atoms with E-state index in [4.69, 9.17) is 11.6 Å². The van der Waals surface area contributed by atoms with Crippen molar-refractivity contribution in [2.45, 2.75) is 37.0 Å². The number of amides is 2. The number of hydrogen-bond acceptors (Lipinski definition) is 5. The van der Waals surface area contributed by atoms with Gasteiger partial charge in [-0.25, -0.2) is 8.42 Å². The second kappa shape index (κ2) is 10.2. The van der Waals surface area contributed by atoms with E-state index in [1.807, 2.05) is 4.90 Å². The minimum Gasteiger partial charge on any atom is -0.339 e. The molecule has 0 radical (unpaired) electrons. The maximum absolute atomic E-state index is 13.0. The molecule has 2 aliphatic rings. The number of nitrogens with zero attached hydrogens (tertiary/aromatic N) is 3. The van der Waals surface area contributed by atoms with Crippen molar-refractivity contribution in [1.82, 2.24) is 14.2 Å². The zero-order valence-corrected chi connectivity index (χ0v) is 19.8. The summed E-state index contributed by atoms with van der Waals surface area (Å²) in [6, 6.07) is 7.99. The highest BCUT2D eigenvalue weighted by Crippen LogP contribution is 2.28. The van der Waals surface area contributed by atoms with E-state index in [2.05, 4.69) is 10.3 Å². The summed E-state index contributed by atoms with van der Waals surface area (Å²) >= 11 is 6.15. The molecule has 2 saturated heterocycles. The highest BCUT2D eigenvalue weighted by molar-refractivity contribution is 7.89. The number of halogens is 1. The van der Waals surface area contributed by atoms with Crippen LogP contribution in [-0.4, -0.2) is 60.6 Å². The number of benzene rings is 1. The molecule has 10 heteroatoms. The number of hydrogen-bond donors (Lipinski definition) is 1. The van der Waals surface area contributed by atoms with Crippen LogP contribution in [0.2, 0.25) is 5.02 Å². The van der Waals surface area contributed by atoms with Crippen molar-refractivity contribution in [1.29, 1.82) is 0 Å². The van der Waals surface area contributed by atoms with E-state index in [0.29, 0.717) is 42.2 Å². The fraction of sp³-hybridized carbons (Fsp3) is 0.435. The largest absolute Gasteiger partial charge is 0.339 e. The normalized spacial score (nSPS) is 18.2. The van der Waals surface area contributed by atoms with Gasteiger partial charge in [0.2, 0.25) is 15.9 Å². The predicted molar refractivity (Wildman–Crippen MR) is 126 cm³/mol. The molecular weight excluding hydrogens is 464 g/mol. The van der Waals surface area contributed by atoms with Crippen molar-refractivity contribution >= 4 is 39.1 Å². The van der Waals surface area contributed by atoms with Crippen molar-refractivity contribution < 1.29 is 18.0 Å². The Balaban J connectivity index is 1.42. The van der Waals surface area contributed by atoms with Crippen LogP contribution >= 0.6 is 11.6 Å². The average molecular weight is 491 g/mol. The van der Waals surface area contributed by atoms with Gasteiger partial charge in [-0.1, -0.05) is 11.6 Å². The van der Waals surface area contributed by atoms with Gasteiger partial charge in [-0.3, -0.25) is 14.6 Å². The second-order valence-electron chi connectivity index (χ2n) is 8.40. The molecule has 4 rings (SSSR count). The quantitative estimate of drug-likeness (QED) is 0.692. The summed E-state index contributed by atoms with van der Waals surface area (Å²) in [4.78, 5) is 31.9. The molecule has 0 unspecified atom stereocenters. The monoisotopic (exact) mass is 490 g/mol. The minimum atomic E-state index is -3.63. The summed E-state index contributed by atoms with van der Waals surface area (Å²) in [5.74, 6) is -0.704. The van der Waals surface area contributed by atoms with Gasteiger partial charge >= 0.3 is 0 Å². The summed E-state index contributed by atoms with van der Waals surface area (Å²) in [6.45, 7) is 1.90. The van der Waals surface area contributed by atoms with Gasteiger partial charge in [0.25, 0.3) is 5.91 Å². The Kier molecular flexibility index (Phi) is 7.31. The number of sulfonamides is 1. The van der Waals surface area contributed by atoms with Crippen LogP contribution in [0.15, 0.2) is 47.6 Å². The van der Waals surface area contributed by atoms with Gasteiger partial charge in [0.1, 0.15) is 4.90 Å². The predicted octanol–water partition coefficient (Wildman–Crippen LogP) is 3.40. The number of nitrogens with one attached hydrogen (secondary N) is 1. The van der Waals surface area contributed by atoms with E-state index in [-0.39, 0.29) is 35.7 Å². The molecule has 0 aliphatic carbocycles. The van der Waals surface area contributed by atoms with Crippen molar-refractivity contribution in [2.24, 2.45) is 5.92 Å². The molecule has 1 aromatic heterocycles. The Hall–Kier alpha value is -2.49. The molecule has 2 aliphatic heterocycles. The highest BCUT2D eigenvalue weighted by Gasteiger charge is 2.33. The van der Waals surface area contributed by atoms with E-state index in [0.717, 1.165) is 19.3 Å². The van der Waals surface area contributed by atoms with Crippen LogP contribution in [0.5, 0.6) is 0 Å². The van der Waals surface area contributed by atoms with Crippen molar-refractivity contribution in [2.75, 3.05) is 31.5 Å². The summed E-state index contributed by atoms with van der Waals surface area (Å²) in [7, 11) is -3.63. The fourth-order valence-corrected chi connectivity index (χ4v) is 5.92. The van der Waals surface area contributed by atoms with Gasteiger partial charge in [0, 0.05) is 49.5 Å². The van der Waals surface area contributed by atoms with Crippen LogP contribution in [0.1, 0.15) is 42.5 Å². The molecule has 176 valence electrons. The molecule has 0 saturated carbocycles. The van der Waals surface area contributed by atoms with Gasteiger partial charge in [-0.2, -0.15) is 4.31 Å². The first-order valence-electron chi connectivity index (χ1n) is 11.2. The standard InChI is InChI=1S/C23H27ClN4O4S/c24-18-6-7-20(23(30)27-11-2-1-3-12-27)21(15-18)26-22(29)17-8-13-28(14-9-17)33(31,32)19-5-4-10-25-16-19/h4-7,10,15-17H,1-3,8-9,11-14H2,(H,26,29). The van der Waals surface area contributed by atoms with Crippen molar-refractivity contribution in [3.63, 3.8) is 0 Å². The molecule has 0 spiro atoms. The van der Waals surface area contributed by atoms with Crippen LogP contribution in [0.3, 0.4) is 0 Å². The molecule has 0 bridgehead atoms. The number of aromatic nitrogens is 1. The lowest BCUT2D eigenvalue weighted by Gasteiger charge is -2.31. The Morgan fingerprint density at radius 1 is 1.03 bits per heavy atom. The zero-order chi connectivity index (χ0) is 23.4. The number of likely N-dealkylation sites (tertiary alicyclic amines) is 1. The first-order valence-corrected chi connectivity index (χ1v) is 13.0. The Morgan fingerprint density at radius 2 is 1.76 bits per heavy atom. The molecule has 8 nitrogen and oxygen atoms in total. The maximum atomic E-state index is 13.0. The van der Waals surface area contributed by atoms with E-state index >= 15 is 0 Å². The van der Waals surface area contributed by atoms with Gasteiger partial charge in [0.15, 0.2) is 0 Å². The summed E-state index contributed by atoms with van der Waals surface area (Å²) in [5.41, 5.74) is 0.819. The van der Waals surface area contributed by atoms with Crippen LogP contribution in [0.4, 0.5) is 5.69 Å². The smallest absolute Gasteiger partial charge is 0.255 e. The third kappa shape index (κ3) is 5.37. The SMILES string of the molecule is O=C(Nc1cc(Cl)ccc1C(=O)N1CCCCC1)C1CCN(S(=O)(=O)c2cccnc2)CC1. The Bertz CT molecular complexity index is 1110. The van der Waals surface area contributed by atoms with Crippen molar-refractivity contribution in [3.8, 4) is 0 Å². The van der Waals surface area contributed by atoms with Crippen LogP contribution < -0.4 is 5.32 Å². The van der Waals surface area contributed by atoms with E-state index in [9.17, 15) is 18.0 Å². The van der Waals surface area contributed by atoms with E-state index in [1.165, 1.54) is 22.8 Å². The van der Waals surface area contributed by atoms with Gasteiger partial charge in [0.05, 0.1) is 11.3 Å². The summed E-state index contributed by atoms with van der Waals surface area (Å²) in [5, 5.41) is 3.31. The third-order valence-corrected chi connectivity index (χ3v) is 8.33. The average Bonchev–Trinajstić information content (AvgIpc) is 2.85. The van der Waals surface area contributed by atoms with Crippen LogP contribution in [-0.2, 0) is 14.8 Å². The van der Waals surface area contributed by atoms with Crippen LogP contribution in [0, 0.1) is 5.92 Å². The molecule has 2 amide bonds. The Morgan fingerprint density at radius 3 is 2.42 bits per heavy atom. The zero-order valence-electron chi connectivity index (χ0n) is 18.2. The lowest BCUT2D eigenvalue weighted by Crippen LogP contribution is -2.41. The lowest BCUT2D eigenvalue weighted by atomic mass is 9.97. The maximum Gasteiger partial charge on any atom is 0.255 e. The van der Waals surface area contributed by atoms with Gasteiger partial charge in [-0.05, 0) is 62.4 Å². The molecule has 0 atom stereocenters. The highest BCUT2D eigenvalue weighted by atomic mass is 35.5. The molecular formula is C23H27ClN4O4S. The molecule has 1 aromatic carbocycles. The third-order valence-electron chi connectivity index (χ3n) is 6.21. The van der Waals surface area contributed by atoms with Gasteiger partial charge in [-0.15, -0.1) is 0 Å². The van der Waals surface area contributed by atoms with E-state index in [1.54, 1.807) is 24.3 Å². The second-order valence-corrected chi connectivity index (χ2v) is 10.8. The lowest BCUT2D eigenvalue weighted by molar-refractivity contribution is -0.120. The summed E-state index contributed by atoms with van der Waals surface area (Å²) in [6.07, 6.45) is 6.69. The fourth-order valence-electron chi connectivity index (χ4n) is 4.32. The van der Waals surface area contributed by atoms with Crippen molar-refractivity contribution in [3.05, 3.63) is 53.3 Å². The molecule has 3 heterocycles.